The summed E-state index contributed by atoms with van der Waals surface area (Å²) in [5.74, 6) is -0.419. The first-order valence-corrected chi connectivity index (χ1v) is 10.6. The molecule has 0 saturated heterocycles. The predicted octanol–water partition coefficient (Wildman–Crippen LogP) is 3.54. The molecule has 3 rings (SSSR count). The van der Waals surface area contributed by atoms with Gasteiger partial charge in [0.25, 0.3) is 5.91 Å². The molecule has 1 aromatic heterocycles. The van der Waals surface area contributed by atoms with Gasteiger partial charge < -0.3 is 5.32 Å². The van der Waals surface area contributed by atoms with Crippen molar-refractivity contribution in [3.63, 3.8) is 0 Å². The number of sulfone groups is 1. The van der Waals surface area contributed by atoms with Gasteiger partial charge in [-0.15, -0.1) is 11.3 Å². The summed E-state index contributed by atoms with van der Waals surface area (Å²) in [5, 5.41) is 12.8. The Bertz CT molecular complexity index is 969. The average molecular weight is 374 g/mol. The minimum atomic E-state index is -3.37. The molecule has 1 aromatic carbocycles. The zero-order valence-corrected chi connectivity index (χ0v) is 15.5. The van der Waals surface area contributed by atoms with Gasteiger partial charge in [0.05, 0.1) is 16.2 Å². The van der Waals surface area contributed by atoms with Crippen molar-refractivity contribution < 1.29 is 13.2 Å². The number of nitrogens with zero attached hydrogens (tertiary/aromatic N) is 1. The molecule has 0 atom stereocenters. The minimum absolute atomic E-state index is 0.0195. The van der Waals surface area contributed by atoms with Crippen molar-refractivity contribution in [2.45, 2.75) is 37.5 Å². The number of fused-ring (bicyclic) bond motifs is 1. The number of nitriles is 1. The van der Waals surface area contributed by atoms with Crippen LogP contribution in [0.2, 0.25) is 0 Å². The Balaban J connectivity index is 1.90. The fraction of sp³-hybridized carbons (Fsp3) is 0.333. The van der Waals surface area contributed by atoms with E-state index in [1.807, 2.05) is 0 Å². The van der Waals surface area contributed by atoms with Crippen LogP contribution >= 0.6 is 11.3 Å². The Morgan fingerprint density at radius 3 is 2.80 bits per heavy atom. The lowest BCUT2D eigenvalue weighted by atomic mass is 9.96. The molecule has 1 aliphatic rings. The summed E-state index contributed by atoms with van der Waals surface area (Å²) in [5.41, 5.74) is 1.87. The summed E-state index contributed by atoms with van der Waals surface area (Å²) in [7, 11) is -3.37. The van der Waals surface area contributed by atoms with Crippen LogP contribution in [0.25, 0.3) is 0 Å². The van der Waals surface area contributed by atoms with Gasteiger partial charge in [-0.2, -0.15) is 5.26 Å². The van der Waals surface area contributed by atoms with Crippen LogP contribution in [0.5, 0.6) is 0 Å². The standard InChI is InChI=1S/C18H18N2O3S2/c1-2-25(22,23)13-7-5-6-12(10-13)17(21)20-18-15(11-19)14-8-3-4-9-16(14)24-18/h5-7,10H,2-4,8-9H2,1H3,(H,20,21). The summed E-state index contributed by atoms with van der Waals surface area (Å²) in [6.45, 7) is 1.57. The van der Waals surface area contributed by atoms with Gasteiger partial charge in [-0.25, -0.2) is 8.42 Å². The summed E-state index contributed by atoms with van der Waals surface area (Å²) in [4.78, 5) is 13.9. The van der Waals surface area contributed by atoms with Gasteiger partial charge in [-0.1, -0.05) is 13.0 Å². The van der Waals surface area contributed by atoms with Crippen LogP contribution < -0.4 is 5.32 Å². The second kappa shape index (κ2) is 6.98. The molecule has 0 aliphatic heterocycles. The van der Waals surface area contributed by atoms with E-state index in [1.54, 1.807) is 19.1 Å². The van der Waals surface area contributed by atoms with E-state index in [9.17, 15) is 18.5 Å². The summed E-state index contributed by atoms with van der Waals surface area (Å²) >= 11 is 1.45. The first kappa shape index (κ1) is 17.6. The van der Waals surface area contributed by atoms with Crippen molar-refractivity contribution in [2.75, 3.05) is 11.1 Å². The quantitative estimate of drug-likeness (QED) is 0.887. The molecule has 2 aromatic rings. The normalized spacial score (nSPS) is 13.8. The molecule has 1 N–H and O–H groups in total. The smallest absolute Gasteiger partial charge is 0.256 e. The second-order valence-electron chi connectivity index (χ2n) is 5.91. The van der Waals surface area contributed by atoms with E-state index >= 15 is 0 Å². The number of hydrogen-bond donors (Lipinski definition) is 1. The van der Waals surface area contributed by atoms with Gasteiger partial charge in [-0.3, -0.25) is 4.79 Å². The molecule has 5 nitrogen and oxygen atoms in total. The number of benzene rings is 1. The van der Waals surface area contributed by atoms with Crippen molar-refractivity contribution in [2.24, 2.45) is 0 Å². The Morgan fingerprint density at radius 1 is 1.32 bits per heavy atom. The minimum Gasteiger partial charge on any atom is -0.312 e. The second-order valence-corrected chi connectivity index (χ2v) is 9.30. The van der Waals surface area contributed by atoms with Gasteiger partial charge in [0.2, 0.25) is 0 Å². The molecule has 0 spiro atoms. The molecular formula is C18H18N2O3S2. The molecule has 0 bridgehead atoms. The van der Waals surface area contributed by atoms with E-state index in [1.165, 1.54) is 28.3 Å². The number of nitrogens with one attached hydrogen (secondary N) is 1. The van der Waals surface area contributed by atoms with Crippen LogP contribution in [-0.2, 0) is 22.7 Å². The van der Waals surface area contributed by atoms with Crippen LogP contribution in [0.4, 0.5) is 5.00 Å². The lowest BCUT2D eigenvalue weighted by Crippen LogP contribution is -2.13. The van der Waals surface area contributed by atoms with Crippen LogP contribution in [0.3, 0.4) is 0 Å². The van der Waals surface area contributed by atoms with Crippen molar-refractivity contribution in [3.8, 4) is 6.07 Å². The molecule has 1 heterocycles. The number of aryl methyl sites for hydroxylation is 1. The van der Waals surface area contributed by atoms with Gasteiger partial charge >= 0.3 is 0 Å². The monoisotopic (exact) mass is 374 g/mol. The number of amides is 1. The number of carbonyl (C=O) groups excluding carboxylic acids is 1. The van der Waals surface area contributed by atoms with E-state index in [4.69, 9.17) is 0 Å². The zero-order chi connectivity index (χ0) is 18.0. The maximum atomic E-state index is 12.6. The maximum Gasteiger partial charge on any atom is 0.256 e. The highest BCUT2D eigenvalue weighted by Crippen LogP contribution is 2.37. The zero-order valence-electron chi connectivity index (χ0n) is 13.8. The van der Waals surface area contributed by atoms with Crippen LogP contribution in [0.1, 0.15) is 46.1 Å². The van der Waals surface area contributed by atoms with E-state index in [0.717, 1.165) is 31.2 Å². The summed E-state index contributed by atoms with van der Waals surface area (Å²) in [6, 6.07) is 8.20. The first-order valence-electron chi connectivity index (χ1n) is 8.15. The molecule has 130 valence electrons. The van der Waals surface area contributed by atoms with Crippen molar-refractivity contribution in [1.29, 1.82) is 5.26 Å². The van der Waals surface area contributed by atoms with Crippen molar-refractivity contribution in [1.82, 2.24) is 0 Å². The van der Waals surface area contributed by atoms with Gasteiger partial charge in [-0.05, 0) is 49.4 Å². The SMILES string of the molecule is CCS(=O)(=O)c1cccc(C(=O)Nc2sc3c(c2C#N)CCCC3)c1. The van der Waals surface area contributed by atoms with E-state index in [-0.39, 0.29) is 16.2 Å². The molecule has 1 amide bonds. The average Bonchev–Trinajstić information content (AvgIpc) is 2.98. The lowest BCUT2D eigenvalue weighted by molar-refractivity contribution is 0.102. The summed E-state index contributed by atoms with van der Waals surface area (Å²) < 4.78 is 24.0. The number of rotatable bonds is 4. The molecule has 25 heavy (non-hydrogen) atoms. The highest BCUT2D eigenvalue weighted by Gasteiger charge is 2.22. The molecule has 0 fully saturated rings. The van der Waals surface area contributed by atoms with Crippen LogP contribution in [-0.4, -0.2) is 20.1 Å². The Hall–Kier alpha value is -2.17. The molecule has 0 radical (unpaired) electrons. The van der Waals surface area contributed by atoms with Gasteiger partial charge in [0.1, 0.15) is 11.1 Å². The summed E-state index contributed by atoms with van der Waals surface area (Å²) in [6.07, 6.45) is 3.97. The third-order valence-electron chi connectivity index (χ3n) is 4.35. The molecule has 1 aliphatic carbocycles. The Morgan fingerprint density at radius 2 is 2.08 bits per heavy atom. The van der Waals surface area contributed by atoms with Crippen LogP contribution in [0.15, 0.2) is 29.2 Å². The van der Waals surface area contributed by atoms with Crippen molar-refractivity contribution in [3.05, 3.63) is 45.8 Å². The lowest BCUT2D eigenvalue weighted by Gasteiger charge is -2.09. The number of hydrogen-bond acceptors (Lipinski definition) is 5. The first-order chi connectivity index (χ1) is 12.0. The largest absolute Gasteiger partial charge is 0.312 e. The number of thiophene rings is 1. The van der Waals surface area contributed by atoms with Crippen LogP contribution in [0, 0.1) is 11.3 Å². The fourth-order valence-corrected chi connectivity index (χ4v) is 5.11. The van der Waals surface area contributed by atoms with E-state index in [0.29, 0.717) is 10.6 Å². The highest BCUT2D eigenvalue weighted by atomic mass is 32.2. The third-order valence-corrected chi connectivity index (χ3v) is 7.29. The molecular weight excluding hydrogens is 356 g/mol. The predicted molar refractivity (Wildman–Crippen MR) is 97.8 cm³/mol. The number of carbonyl (C=O) groups is 1. The van der Waals surface area contributed by atoms with E-state index < -0.39 is 15.7 Å². The third kappa shape index (κ3) is 3.46. The highest BCUT2D eigenvalue weighted by molar-refractivity contribution is 7.91. The topological polar surface area (TPSA) is 87.0 Å². The fourth-order valence-electron chi connectivity index (χ4n) is 2.94. The maximum absolute atomic E-state index is 12.6. The van der Waals surface area contributed by atoms with Crippen molar-refractivity contribution >= 4 is 32.1 Å². The van der Waals surface area contributed by atoms with Gasteiger partial charge in [0.15, 0.2) is 9.84 Å². The van der Waals surface area contributed by atoms with E-state index in [2.05, 4.69) is 11.4 Å². The van der Waals surface area contributed by atoms with Gasteiger partial charge in [0, 0.05) is 10.4 Å². The molecule has 0 unspecified atom stereocenters. The molecule has 7 heteroatoms. The number of anilines is 1. The Kier molecular flexibility index (Phi) is 4.93. The Labute approximate surface area is 151 Å². The molecule has 0 saturated carbocycles.